The van der Waals surface area contributed by atoms with Gasteiger partial charge < -0.3 is 10.1 Å². The maximum absolute atomic E-state index is 12.4. The van der Waals surface area contributed by atoms with E-state index < -0.39 is 0 Å². The van der Waals surface area contributed by atoms with E-state index in [-0.39, 0.29) is 42.5 Å². The fourth-order valence-corrected chi connectivity index (χ4v) is 4.45. The van der Waals surface area contributed by atoms with Crippen LogP contribution < -0.4 is 10.1 Å². The third kappa shape index (κ3) is 3.93. The zero-order valence-electron chi connectivity index (χ0n) is 16.0. The average molecular weight is 411 g/mol. The number of thiazole rings is 1. The number of aromatic nitrogens is 1. The summed E-state index contributed by atoms with van der Waals surface area (Å²) >= 11 is 1.33. The first kappa shape index (κ1) is 19.3. The van der Waals surface area contributed by atoms with Gasteiger partial charge in [0.2, 0.25) is 17.7 Å². The van der Waals surface area contributed by atoms with Gasteiger partial charge in [-0.25, -0.2) is 4.98 Å². The number of methoxy groups -OCH3 is 1. The molecule has 1 fully saturated rings. The summed E-state index contributed by atoms with van der Waals surface area (Å²) in [6.07, 6.45) is 5.16. The molecule has 1 aromatic heterocycles. The van der Waals surface area contributed by atoms with Gasteiger partial charge in [0.05, 0.1) is 24.6 Å². The van der Waals surface area contributed by atoms with Crippen LogP contribution in [0.15, 0.2) is 41.8 Å². The number of hydrogen-bond acceptors (Lipinski definition) is 6. The number of nitrogens with zero attached hydrogens (tertiary/aromatic N) is 2. The van der Waals surface area contributed by atoms with E-state index in [9.17, 15) is 14.4 Å². The van der Waals surface area contributed by atoms with Gasteiger partial charge in [-0.15, -0.1) is 11.3 Å². The molecule has 0 unspecified atom stereocenters. The summed E-state index contributed by atoms with van der Waals surface area (Å²) in [5.41, 5.74) is 1.68. The van der Waals surface area contributed by atoms with Gasteiger partial charge in [-0.05, 0) is 37.1 Å². The molecule has 2 aliphatic rings. The largest absolute Gasteiger partial charge is 0.497 e. The van der Waals surface area contributed by atoms with Gasteiger partial charge in [0, 0.05) is 23.9 Å². The smallest absolute Gasteiger partial charge is 0.233 e. The number of carbonyl (C=O) groups excluding carboxylic acids is 3. The highest BCUT2D eigenvalue weighted by atomic mass is 32.1. The zero-order valence-corrected chi connectivity index (χ0v) is 16.8. The molecule has 2 heterocycles. The van der Waals surface area contributed by atoms with Crippen LogP contribution in [0.1, 0.15) is 19.3 Å². The maximum Gasteiger partial charge on any atom is 0.233 e. The van der Waals surface area contributed by atoms with Crippen molar-refractivity contribution in [3.8, 4) is 17.0 Å². The highest BCUT2D eigenvalue weighted by Crippen LogP contribution is 2.35. The first-order valence-corrected chi connectivity index (χ1v) is 10.3. The number of amides is 3. The maximum atomic E-state index is 12.4. The lowest BCUT2D eigenvalue weighted by Gasteiger charge is -2.14. The van der Waals surface area contributed by atoms with E-state index in [1.165, 1.54) is 16.2 Å². The number of nitrogens with one attached hydrogen (secondary N) is 1. The number of anilines is 1. The number of benzene rings is 1. The molecule has 150 valence electrons. The van der Waals surface area contributed by atoms with E-state index in [4.69, 9.17) is 4.74 Å². The molecule has 1 aromatic carbocycles. The van der Waals surface area contributed by atoms with Gasteiger partial charge in [0.25, 0.3) is 0 Å². The van der Waals surface area contributed by atoms with Crippen molar-refractivity contribution >= 4 is 34.2 Å². The summed E-state index contributed by atoms with van der Waals surface area (Å²) in [4.78, 5) is 42.9. The molecule has 0 radical (unpaired) electrons. The first-order valence-electron chi connectivity index (χ1n) is 9.47. The monoisotopic (exact) mass is 411 g/mol. The minimum atomic E-state index is -0.269. The molecule has 7 nitrogen and oxygen atoms in total. The Balaban J connectivity index is 1.33. The highest BCUT2D eigenvalue weighted by Gasteiger charge is 2.46. The summed E-state index contributed by atoms with van der Waals surface area (Å²) < 4.78 is 5.15. The van der Waals surface area contributed by atoms with Crippen molar-refractivity contribution in [3.05, 3.63) is 41.8 Å². The number of imide groups is 1. The van der Waals surface area contributed by atoms with Crippen molar-refractivity contribution in [2.45, 2.75) is 19.3 Å². The van der Waals surface area contributed by atoms with E-state index in [1.54, 1.807) is 7.11 Å². The molecule has 0 bridgehead atoms. The van der Waals surface area contributed by atoms with Crippen LogP contribution in [0.2, 0.25) is 0 Å². The van der Waals surface area contributed by atoms with Crippen LogP contribution in [0, 0.1) is 11.8 Å². The fourth-order valence-electron chi connectivity index (χ4n) is 3.71. The van der Waals surface area contributed by atoms with E-state index >= 15 is 0 Å². The van der Waals surface area contributed by atoms with E-state index in [0.29, 0.717) is 18.0 Å². The van der Waals surface area contributed by atoms with Crippen LogP contribution in [0.3, 0.4) is 0 Å². The van der Waals surface area contributed by atoms with Crippen LogP contribution in [0.4, 0.5) is 5.13 Å². The van der Waals surface area contributed by atoms with Crippen molar-refractivity contribution in [2.75, 3.05) is 19.0 Å². The molecule has 1 N–H and O–H groups in total. The second-order valence-electron chi connectivity index (χ2n) is 7.05. The lowest BCUT2D eigenvalue weighted by atomic mass is 9.85. The predicted molar refractivity (Wildman–Crippen MR) is 109 cm³/mol. The minimum Gasteiger partial charge on any atom is -0.497 e. The highest BCUT2D eigenvalue weighted by molar-refractivity contribution is 7.14. The summed E-state index contributed by atoms with van der Waals surface area (Å²) in [6.45, 7) is 0.104. The minimum absolute atomic E-state index is 0.0573. The van der Waals surface area contributed by atoms with Gasteiger partial charge in [-0.1, -0.05) is 12.2 Å². The summed E-state index contributed by atoms with van der Waals surface area (Å²) in [5, 5.41) is 5.10. The number of fused-ring (bicyclic) bond motifs is 1. The third-order valence-corrected chi connectivity index (χ3v) is 6.06. The van der Waals surface area contributed by atoms with Crippen LogP contribution in [0.5, 0.6) is 5.75 Å². The summed E-state index contributed by atoms with van der Waals surface area (Å²) in [6, 6.07) is 7.50. The van der Waals surface area contributed by atoms with Crippen LogP contribution in [-0.4, -0.2) is 41.3 Å². The molecule has 0 spiro atoms. The second kappa shape index (κ2) is 8.16. The van der Waals surface area contributed by atoms with Crippen LogP contribution in [-0.2, 0) is 14.4 Å². The SMILES string of the molecule is COc1ccc(-c2csc(NC(=O)CCN3C(=O)[C@H]4CC=CC[C@@H]4C3=O)n2)cc1. The zero-order chi connectivity index (χ0) is 20.4. The predicted octanol–water partition coefficient (Wildman–Crippen LogP) is 3.10. The topological polar surface area (TPSA) is 88.6 Å². The molecule has 29 heavy (non-hydrogen) atoms. The van der Waals surface area contributed by atoms with Gasteiger partial charge in [0.1, 0.15) is 5.75 Å². The molecule has 1 saturated heterocycles. The number of rotatable bonds is 6. The quantitative estimate of drug-likeness (QED) is 0.583. The fraction of sp³-hybridized carbons (Fsp3) is 0.333. The Morgan fingerprint density at radius 2 is 1.83 bits per heavy atom. The second-order valence-corrected chi connectivity index (χ2v) is 7.91. The molecule has 3 amide bonds. The number of hydrogen-bond donors (Lipinski definition) is 1. The number of ether oxygens (including phenoxy) is 1. The van der Waals surface area contributed by atoms with E-state index in [2.05, 4.69) is 10.3 Å². The Labute approximate surface area is 172 Å². The molecule has 2 atom stereocenters. The van der Waals surface area contributed by atoms with E-state index in [0.717, 1.165) is 17.0 Å². The third-order valence-electron chi connectivity index (χ3n) is 5.30. The van der Waals surface area contributed by atoms with Crippen molar-refractivity contribution in [3.63, 3.8) is 0 Å². The molecule has 0 saturated carbocycles. The van der Waals surface area contributed by atoms with Gasteiger partial charge in [-0.2, -0.15) is 0 Å². The van der Waals surface area contributed by atoms with Crippen LogP contribution in [0.25, 0.3) is 11.3 Å². The Morgan fingerprint density at radius 3 is 2.45 bits per heavy atom. The lowest BCUT2D eigenvalue weighted by Crippen LogP contribution is -2.34. The standard InChI is InChI=1S/C21H21N3O4S/c1-28-14-8-6-13(7-9-14)17-12-29-21(22-17)23-18(25)10-11-24-19(26)15-4-2-3-5-16(15)20(24)27/h2-3,6-9,12,15-16H,4-5,10-11H2,1H3,(H,22,23,25)/t15-,16-/m0/s1. The van der Waals surface area contributed by atoms with Crippen molar-refractivity contribution in [2.24, 2.45) is 11.8 Å². The van der Waals surface area contributed by atoms with Crippen molar-refractivity contribution in [1.82, 2.24) is 9.88 Å². The molecule has 1 aliphatic heterocycles. The molecule has 8 heteroatoms. The Bertz CT molecular complexity index is 941. The van der Waals surface area contributed by atoms with Crippen molar-refractivity contribution in [1.29, 1.82) is 0 Å². The summed E-state index contributed by atoms with van der Waals surface area (Å²) in [5.74, 6) is -0.349. The van der Waals surface area contributed by atoms with E-state index in [1.807, 2.05) is 41.8 Å². The number of likely N-dealkylation sites (tertiary alicyclic amines) is 1. The lowest BCUT2D eigenvalue weighted by molar-refractivity contribution is -0.140. The Morgan fingerprint density at radius 1 is 1.17 bits per heavy atom. The molecular weight excluding hydrogens is 390 g/mol. The van der Waals surface area contributed by atoms with Crippen molar-refractivity contribution < 1.29 is 19.1 Å². The molecule has 4 rings (SSSR count). The summed E-state index contributed by atoms with van der Waals surface area (Å²) in [7, 11) is 1.61. The van der Waals surface area contributed by atoms with Gasteiger partial charge >= 0.3 is 0 Å². The molecule has 1 aliphatic carbocycles. The average Bonchev–Trinajstić information content (AvgIpc) is 3.30. The number of allylic oxidation sites excluding steroid dienone is 2. The number of carbonyl (C=O) groups is 3. The first-order chi connectivity index (χ1) is 14.1. The molecular formula is C21H21N3O4S. The van der Waals surface area contributed by atoms with Crippen LogP contribution >= 0.6 is 11.3 Å². The molecule has 2 aromatic rings. The normalized spacial score (nSPS) is 20.7. The Kier molecular flexibility index (Phi) is 5.44. The van der Waals surface area contributed by atoms with Gasteiger partial charge in [-0.3, -0.25) is 19.3 Å². The Hall–Kier alpha value is -3.00. The van der Waals surface area contributed by atoms with Gasteiger partial charge in [0.15, 0.2) is 5.13 Å².